The van der Waals surface area contributed by atoms with Crippen molar-refractivity contribution in [3.8, 4) is 5.75 Å². The van der Waals surface area contributed by atoms with E-state index in [4.69, 9.17) is 0 Å². The minimum Gasteiger partial charge on any atom is -0.507 e. The van der Waals surface area contributed by atoms with Crippen LogP contribution >= 0.6 is 0 Å². The van der Waals surface area contributed by atoms with Gasteiger partial charge < -0.3 is 15.3 Å². The molecule has 0 aromatic heterocycles. The van der Waals surface area contributed by atoms with Crippen LogP contribution in [0.5, 0.6) is 5.75 Å². The molecule has 0 aliphatic carbocycles. The summed E-state index contributed by atoms with van der Waals surface area (Å²) in [5.41, 5.74) is -1.32. The molecule has 0 bridgehead atoms. The minimum absolute atomic E-state index is 0.00254. The van der Waals surface area contributed by atoms with Crippen LogP contribution in [0.1, 0.15) is 131 Å². The van der Waals surface area contributed by atoms with Gasteiger partial charge in [0, 0.05) is 17.0 Å². The Morgan fingerprint density at radius 1 is 1.00 bits per heavy atom. The first-order chi connectivity index (χ1) is 17.1. The lowest BCUT2D eigenvalue weighted by Crippen LogP contribution is -2.63. The first-order valence-electron chi connectivity index (χ1n) is 14.2. The van der Waals surface area contributed by atoms with Crippen LogP contribution in [0.2, 0.25) is 0 Å². The number of aromatic hydroxyl groups is 1. The number of unbranched alkanes of at least 4 members (excludes halogenated alkanes) is 1. The van der Waals surface area contributed by atoms with E-state index in [2.05, 4.69) is 53.4 Å². The fourth-order valence-electron chi connectivity index (χ4n) is 6.54. The molecule has 38 heavy (non-hydrogen) atoms. The molecule has 2 unspecified atom stereocenters. The number of hydrogen-bond donors (Lipinski definition) is 3. The Morgan fingerprint density at radius 3 is 1.95 bits per heavy atom. The van der Waals surface area contributed by atoms with Crippen molar-refractivity contribution in [2.75, 3.05) is 7.05 Å². The quantitative estimate of drug-likeness (QED) is 0.304. The Balaban J connectivity index is 3.12. The molecule has 6 nitrogen and oxygen atoms in total. The summed E-state index contributed by atoms with van der Waals surface area (Å²) < 4.78 is 0. The zero-order chi connectivity index (χ0) is 29.6. The van der Waals surface area contributed by atoms with E-state index in [-0.39, 0.29) is 29.0 Å². The van der Waals surface area contributed by atoms with Gasteiger partial charge in [-0.15, -0.1) is 0 Å². The molecule has 0 radical (unpaired) electrons. The minimum atomic E-state index is -2.08. The first kappa shape index (κ1) is 32.1. The Kier molecular flexibility index (Phi) is 8.86. The van der Waals surface area contributed by atoms with Crippen molar-refractivity contribution in [3.63, 3.8) is 0 Å². The number of carbonyl (C=O) groups is 2. The van der Waals surface area contributed by atoms with E-state index in [0.717, 1.165) is 12.0 Å². The third-order valence-corrected chi connectivity index (χ3v) is 9.52. The van der Waals surface area contributed by atoms with E-state index in [1.165, 1.54) is 0 Å². The number of nitrogens with zero attached hydrogens (tertiary/aromatic N) is 1. The third-order valence-electron chi connectivity index (χ3n) is 9.52. The average molecular weight is 532 g/mol. The van der Waals surface area contributed by atoms with Crippen LogP contribution < -0.4 is 0 Å². The van der Waals surface area contributed by atoms with Gasteiger partial charge in [0.1, 0.15) is 5.75 Å². The van der Waals surface area contributed by atoms with Crippen LogP contribution in [0.15, 0.2) is 12.1 Å². The predicted molar refractivity (Wildman–Crippen MR) is 154 cm³/mol. The van der Waals surface area contributed by atoms with Gasteiger partial charge in [-0.3, -0.25) is 14.5 Å². The summed E-state index contributed by atoms with van der Waals surface area (Å²) in [6.45, 7) is 22.8. The van der Waals surface area contributed by atoms with Crippen LogP contribution in [0.25, 0.3) is 0 Å². The van der Waals surface area contributed by atoms with Crippen LogP contribution in [0, 0.1) is 11.3 Å². The van der Waals surface area contributed by atoms with Gasteiger partial charge in [-0.05, 0) is 87.4 Å². The molecule has 216 valence electrons. The summed E-state index contributed by atoms with van der Waals surface area (Å²) in [5, 5.41) is 33.5. The van der Waals surface area contributed by atoms with Gasteiger partial charge in [0.05, 0.1) is 0 Å². The molecule has 2 rings (SSSR count). The van der Waals surface area contributed by atoms with Gasteiger partial charge in [0.15, 0.2) is 5.41 Å². The molecule has 1 aliphatic heterocycles. The van der Waals surface area contributed by atoms with E-state index in [9.17, 15) is 24.9 Å². The lowest BCUT2D eigenvalue weighted by molar-refractivity contribution is -0.172. The molecule has 0 amide bonds. The lowest BCUT2D eigenvalue weighted by atomic mass is 9.55. The number of hydrogen-bond acceptors (Lipinski definition) is 4. The Labute approximate surface area is 230 Å². The molecule has 1 fully saturated rings. The number of carboxylic acid groups (broad SMARTS) is 2. The summed E-state index contributed by atoms with van der Waals surface area (Å²) in [6.07, 6.45) is 2.60. The van der Waals surface area contributed by atoms with Crippen molar-refractivity contribution >= 4 is 11.9 Å². The molecule has 1 aliphatic rings. The van der Waals surface area contributed by atoms with Crippen molar-refractivity contribution < 1.29 is 24.9 Å². The third kappa shape index (κ3) is 5.61. The molecule has 1 saturated heterocycles. The van der Waals surface area contributed by atoms with Gasteiger partial charge in [0.2, 0.25) is 0 Å². The molecule has 6 heteroatoms. The SMILES string of the molecule is CCCCC(C(=O)O)(C(=O)O)C(c1cc(C(C)(C)C)cc(C(C)(C)C)c1O)C1CCC(C)(C)N(C)C1(C)C. The Hall–Kier alpha value is -2.08. The second kappa shape index (κ2) is 10.5. The number of likely N-dealkylation sites (tertiary alicyclic amines) is 1. The van der Waals surface area contributed by atoms with Gasteiger partial charge in [0.25, 0.3) is 0 Å². The number of phenols is 1. The van der Waals surface area contributed by atoms with E-state index >= 15 is 0 Å². The fourth-order valence-corrected chi connectivity index (χ4v) is 6.54. The molecule has 0 saturated carbocycles. The molecule has 3 N–H and O–H groups in total. The summed E-state index contributed by atoms with van der Waals surface area (Å²) in [7, 11) is 2.05. The largest absolute Gasteiger partial charge is 0.507 e. The highest BCUT2D eigenvalue weighted by Crippen LogP contribution is 2.57. The summed E-state index contributed by atoms with van der Waals surface area (Å²) in [6, 6.07) is 3.91. The monoisotopic (exact) mass is 531 g/mol. The van der Waals surface area contributed by atoms with Crippen molar-refractivity contribution in [3.05, 3.63) is 28.8 Å². The number of benzene rings is 1. The normalized spacial score (nSPS) is 21.2. The van der Waals surface area contributed by atoms with Crippen LogP contribution in [-0.4, -0.2) is 50.3 Å². The molecular formula is C32H53NO5. The van der Waals surface area contributed by atoms with Crippen molar-refractivity contribution in [1.29, 1.82) is 0 Å². The van der Waals surface area contributed by atoms with Crippen molar-refractivity contribution in [2.24, 2.45) is 11.3 Å². The van der Waals surface area contributed by atoms with Gasteiger partial charge in [-0.25, -0.2) is 0 Å². The Bertz CT molecular complexity index is 1030. The topological polar surface area (TPSA) is 98.1 Å². The van der Waals surface area contributed by atoms with Gasteiger partial charge in [-0.2, -0.15) is 0 Å². The van der Waals surface area contributed by atoms with E-state index in [1.54, 1.807) is 0 Å². The smallest absolute Gasteiger partial charge is 0.321 e. The maximum absolute atomic E-state index is 13.2. The second-order valence-electron chi connectivity index (χ2n) is 14.8. The first-order valence-corrected chi connectivity index (χ1v) is 14.2. The van der Waals surface area contributed by atoms with Gasteiger partial charge in [-0.1, -0.05) is 73.4 Å². The molecule has 0 spiro atoms. The highest BCUT2D eigenvalue weighted by atomic mass is 16.4. The highest BCUT2D eigenvalue weighted by Gasteiger charge is 2.61. The van der Waals surface area contributed by atoms with Crippen molar-refractivity contribution in [2.45, 2.75) is 136 Å². The lowest BCUT2D eigenvalue weighted by Gasteiger charge is -2.58. The number of rotatable bonds is 8. The standard InChI is InChI=1S/C32H53NO5/c1-13-14-16-32(26(35)36,27(37)38)24(22-15-17-30(8,9)33(12)31(22,10)11)21-18-20(28(2,3)4)19-23(25(21)34)29(5,6)7/h18-19,22,24,34H,13-17H2,1-12H3,(H,35,36)(H,37,38). The molecule has 2 atom stereocenters. The number of piperidine rings is 1. The maximum Gasteiger partial charge on any atom is 0.321 e. The summed E-state index contributed by atoms with van der Waals surface area (Å²) in [5.74, 6) is -3.88. The highest BCUT2D eigenvalue weighted by molar-refractivity contribution is 5.99. The van der Waals surface area contributed by atoms with E-state index in [1.807, 2.05) is 46.9 Å². The van der Waals surface area contributed by atoms with Crippen LogP contribution in [0.4, 0.5) is 0 Å². The number of carboxylic acids is 2. The molecule has 1 heterocycles. The summed E-state index contributed by atoms with van der Waals surface area (Å²) in [4.78, 5) is 28.8. The second-order valence-corrected chi connectivity index (χ2v) is 14.8. The molecule has 1 aromatic carbocycles. The zero-order valence-electron chi connectivity index (χ0n) is 26.0. The van der Waals surface area contributed by atoms with Crippen LogP contribution in [0.3, 0.4) is 0 Å². The predicted octanol–water partition coefficient (Wildman–Crippen LogP) is 7.32. The average Bonchev–Trinajstić information content (AvgIpc) is 2.74. The number of phenolic OH excluding ortho intramolecular Hbond substituents is 1. The number of aliphatic carboxylic acids is 2. The fraction of sp³-hybridized carbons (Fsp3) is 0.750. The van der Waals surface area contributed by atoms with E-state index < -0.39 is 34.2 Å². The zero-order valence-corrected chi connectivity index (χ0v) is 26.0. The molecule has 1 aromatic rings. The van der Waals surface area contributed by atoms with E-state index in [0.29, 0.717) is 30.4 Å². The molecular weight excluding hydrogens is 478 g/mol. The van der Waals surface area contributed by atoms with Crippen LogP contribution in [-0.2, 0) is 20.4 Å². The maximum atomic E-state index is 13.2. The summed E-state index contributed by atoms with van der Waals surface area (Å²) >= 11 is 0. The van der Waals surface area contributed by atoms with Gasteiger partial charge >= 0.3 is 11.9 Å². The Morgan fingerprint density at radius 2 is 1.53 bits per heavy atom. The van der Waals surface area contributed by atoms with Crippen molar-refractivity contribution in [1.82, 2.24) is 4.90 Å².